The Labute approximate surface area is 146 Å². The number of thiazole rings is 1. The largest absolute Gasteiger partial charge is 0.261 e. The number of hydrogen-bond acceptors (Lipinski definition) is 3. The van der Waals surface area contributed by atoms with Crippen molar-refractivity contribution < 1.29 is 0 Å². The van der Waals surface area contributed by atoms with E-state index in [9.17, 15) is 0 Å². The van der Waals surface area contributed by atoms with Gasteiger partial charge in [-0.15, -0.1) is 11.3 Å². The molecule has 0 radical (unpaired) electrons. The van der Waals surface area contributed by atoms with Crippen LogP contribution in [-0.2, 0) is 12.8 Å². The van der Waals surface area contributed by atoms with Crippen LogP contribution in [0.25, 0.3) is 0 Å². The molecule has 0 fully saturated rings. The minimum absolute atomic E-state index is 0.358. The van der Waals surface area contributed by atoms with Gasteiger partial charge in [0, 0.05) is 23.0 Å². The predicted octanol–water partition coefficient (Wildman–Crippen LogP) is 6.02. The molecule has 0 unspecified atom stereocenters. The third kappa shape index (κ3) is 9.50. The molecule has 0 aliphatic heterocycles. The first kappa shape index (κ1) is 19.8. The van der Waals surface area contributed by atoms with Gasteiger partial charge in [-0.3, -0.25) is 4.98 Å². The van der Waals surface area contributed by atoms with Gasteiger partial charge in [0.25, 0.3) is 0 Å². The Hall–Kier alpha value is -1.22. The SMILES string of the molecule is Cc1ccc(CC(C)(C)C)cn1.Cc1ncc(CC(C)(C)C)s1. The van der Waals surface area contributed by atoms with Crippen molar-refractivity contribution in [2.45, 2.75) is 68.2 Å². The lowest BCUT2D eigenvalue weighted by Gasteiger charge is -2.17. The fourth-order valence-corrected chi connectivity index (χ4v) is 3.32. The molecule has 0 aliphatic rings. The van der Waals surface area contributed by atoms with E-state index >= 15 is 0 Å². The van der Waals surface area contributed by atoms with Gasteiger partial charge in [0.05, 0.1) is 5.01 Å². The number of hydrogen-bond donors (Lipinski definition) is 0. The Balaban J connectivity index is 0.000000231. The fraction of sp³-hybridized carbons (Fsp3) is 0.600. The molecule has 0 bridgehead atoms. The van der Waals surface area contributed by atoms with Gasteiger partial charge in [-0.1, -0.05) is 47.6 Å². The van der Waals surface area contributed by atoms with Crippen LogP contribution in [0.2, 0.25) is 0 Å². The van der Waals surface area contributed by atoms with Gasteiger partial charge >= 0.3 is 0 Å². The number of nitrogens with zero attached hydrogens (tertiary/aromatic N) is 2. The maximum absolute atomic E-state index is 4.26. The van der Waals surface area contributed by atoms with Gasteiger partial charge < -0.3 is 0 Å². The Bertz CT molecular complexity index is 583. The Morgan fingerprint density at radius 3 is 1.83 bits per heavy atom. The monoisotopic (exact) mass is 332 g/mol. The topological polar surface area (TPSA) is 25.8 Å². The first-order chi connectivity index (χ1) is 10.4. The fourth-order valence-electron chi connectivity index (χ4n) is 2.23. The molecule has 3 heteroatoms. The molecule has 2 aromatic heterocycles. The van der Waals surface area contributed by atoms with E-state index in [0.29, 0.717) is 10.8 Å². The summed E-state index contributed by atoms with van der Waals surface area (Å²) in [6.07, 6.45) is 6.20. The van der Waals surface area contributed by atoms with Crippen molar-refractivity contribution in [3.63, 3.8) is 0 Å². The second-order valence-electron chi connectivity index (χ2n) is 8.63. The second-order valence-corrected chi connectivity index (χ2v) is 9.95. The summed E-state index contributed by atoms with van der Waals surface area (Å²) in [4.78, 5) is 9.88. The standard InChI is InChI=1S/C11H17N.C9H15NS/c1-9-5-6-10(8-12-9)7-11(2,3)4;1-7-10-6-8(11-7)5-9(2,3)4/h5-6,8H,7H2,1-4H3;6H,5H2,1-4H3. The van der Waals surface area contributed by atoms with E-state index in [-0.39, 0.29) is 0 Å². The van der Waals surface area contributed by atoms with Crippen LogP contribution in [0.5, 0.6) is 0 Å². The van der Waals surface area contributed by atoms with Crippen LogP contribution >= 0.6 is 11.3 Å². The van der Waals surface area contributed by atoms with Crippen LogP contribution in [0, 0.1) is 24.7 Å². The molecule has 2 aromatic rings. The van der Waals surface area contributed by atoms with E-state index in [4.69, 9.17) is 0 Å². The van der Waals surface area contributed by atoms with E-state index in [0.717, 1.165) is 18.5 Å². The molecule has 0 aliphatic carbocycles. The summed E-state index contributed by atoms with van der Waals surface area (Å²) in [5, 5.41) is 1.17. The molecule has 0 atom stereocenters. The summed E-state index contributed by atoms with van der Waals surface area (Å²) >= 11 is 1.80. The van der Waals surface area contributed by atoms with Crippen molar-refractivity contribution in [1.29, 1.82) is 0 Å². The first-order valence-electron chi connectivity index (χ1n) is 8.27. The van der Waals surface area contributed by atoms with E-state index < -0.39 is 0 Å². The summed E-state index contributed by atoms with van der Waals surface area (Å²) in [5.74, 6) is 0. The van der Waals surface area contributed by atoms with Crippen LogP contribution in [0.1, 0.15) is 62.7 Å². The molecule has 0 aromatic carbocycles. The summed E-state index contributed by atoms with van der Waals surface area (Å²) < 4.78 is 0. The maximum atomic E-state index is 4.26. The van der Waals surface area contributed by atoms with E-state index in [2.05, 4.69) is 70.6 Å². The quantitative estimate of drug-likeness (QED) is 0.672. The number of rotatable bonds is 2. The Morgan fingerprint density at radius 2 is 1.43 bits per heavy atom. The highest BCUT2D eigenvalue weighted by molar-refractivity contribution is 7.11. The van der Waals surface area contributed by atoms with Gasteiger partial charge in [-0.25, -0.2) is 4.98 Å². The van der Waals surface area contributed by atoms with Crippen LogP contribution in [-0.4, -0.2) is 9.97 Å². The molecule has 2 heterocycles. The van der Waals surface area contributed by atoms with Gasteiger partial charge in [0.1, 0.15) is 0 Å². The second kappa shape index (κ2) is 8.05. The minimum Gasteiger partial charge on any atom is -0.261 e. The van der Waals surface area contributed by atoms with Gasteiger partial charge in [0.2, 0.25) is 0 Å². The van der Waals surface area contributed by atoms with Crippen molar-refractivity contribution in [2.24, 2.45) is 10.8 Å². The lowest BCUT2D eigenvalue weighted by atomic mass is 9.89. The third-order valence-corrected chi connectivity index (χ3v) is 3.99. The summed E-state index contributed by atoms with van der Waals surface area (Å²) in [5.41, 5.74) is 3.16. The number of aryl methyl sites for hydroxylation is 2. The number of pyridine rings is 1. The van der Waals surface area contributed by atoms with E-state index in [1.54, 1.807) is 11.3 Å². The normalized spacial score (nSPS) is 11.8. The van der Waals surface area contributed by atoms with Crippen molar-refractivity contribution in [2.75, 3.05) is 0 Å². The highest BCUT2D eigenvalue weighted by atomic mass is 32.1. The van der Waals surface area contributed by atoms with E-state index in [1.807, 2.05) is 19.3 Å². The zero-order valence-corrected chi connectivity index (χ0v) is 16.8. The zero-order valence-electron chi connectivity index (χ0n) is 16.0. The van der Waals surface area contributed by atoms with Gasteiger partial charge in [-0.2, -0.15) is 0 Å². The van der Waals surface area contributed by atoms with Crippen molar-refractivity contribution in [3.8, 4) is 0 Å². The average molecular weight is 333 g/mol. The molecule has 2 rings (SSSR count). The van der Waals surface area contributed by atoms with Crippen LogP contribution in [0.3, 0.4) is 0 Å². The zero-order chi connectivity index (χ0) is 17.7. The van der Waals surface area contributed by atoms with Gasteiger partial charge in [0.15, 0.2) is 0 Å². The van der Waals surface area contributed by atoms with Crippen LogP contribution in [0.15, 0.2) is 24.5 Å². The molecule has 0 saturated carbocycles. The molecular weight excluding hydrogens is 300 g/mol. The Kier molecular flexibility index (Phi) is 6.94. The smallest absolute Gasteiger partial charge is 0.0896 e. The molecule has 128 valence electrons. The summed E-state index contributed by atoms with van der Waals surface area (Å²) in [6.45, 7) is 17.6. The molecule has 0 spiro atoms. The Morgan fingerprint density at radius 1 is 0.826 bits per heavy atom. The predicted molar refractivity (Wildman–Crippen MR) is 102 cm³/mol. The first-order valence-corrected chi connectivity index (χ1v) is 9.09. The summed E-state index contributed by atoms with van der Waals surface area (Å²) in [7, 11) is 0. The highest BCUT2D eigenvalue weighted by Gasteiger charge is 2.12. The van der Waals surface area contributed by atoms with Crippen LogP contribution in [0.4, 0.5) is 0 Å². The maximum Gasteiger partial charge on any atom is 0.0896 e. The average Bonchev–Trinajstić information content (AvgIpc) is 2.74. The lowest BCUT2D eigenvalue weighted by molar-refractivity contribution is 0.410. The molecule has 0 amide bonds. The highest BCUT2D eigenvalue weighted by Crippen LogP contribution is 2.24. The van der Waals surface area contributed by atoms with Crippen molar-refractivity contribution >= 4 is 11.3 Å². The van der Waals surface area contributed by atoms with Gasteiger partial charge in [-0.05, 0) is 49.1 Å². The number of aromatic nitrogens is 2. The molecular formula is C20H32N2S. The molecule has 0 N–H and O–H groups in total. The third-order valence-electron chi connectivity index (χ3n) is 3.08. The lowest BCUT2D eigenvalue weighted by Crippen LogP contribution is -2.09. The summed E-state index contributed by atoms with van der Waals surface area (Å²) in [6, 6.07) is 4.23. The van der Waals surface area contributed by atoms with E-state index in [1.165, 1.54) is 15.4 Å². The molecule has 2 nitrogen and oxygen atoms in total. The van der Waals surface area contributed by atoms with Crippen molar-refractivity contribution in [3.05, 3.63) is 45.7 Å². The van der Waals surface area contributed by atoms with Crippen molar-refractivity contribution in [1.82, 2.24) is 9.97 Å². The molecule has 0 saturated heterocycles. The molecule has 23 heavy (non-hydrogen) atoms. The van der Waals surface area contributed by atoms with Crippen LogP contribution < -0.4 is 0 Å². The minimum atomic E-state index is 0.358.